The molecule has 24 heteroatoms. The Bertz CT molecular complexity index is 3080. The number of cyclic esters (lactones) is 3. The molecule has 4 spiro atoms. The van der Waals surface area contributed by atoms with Gasteiger partial charge in [0, 0.05) is 78.1 Å². The molecule has 0 amide bonds. The molecule has 1 atom stereocenters. The molecule has 5 fully saturated rings. The Morgan fingerprint density at radius 3 is 0.863 bits per heavy atom. The predicted molar refractivity (Wildman–Crippen MR) is 265 cm³/mol. The Kier molecular flexibility index (Phi) is 15.4. The first-order valence-corrected chi connectivity index (χ1v) is 25.3. The van der Waals surface area contributed by atoms with Crippen LogP contribution in [0.5, 0.6) is 0 Å². The average molecular weight is 1110 g/mol. The molecule has 0 radical (unpaired) electrons. The second-order valence-electron chi connectivity index (χ2n) is 20.1. The van der Waals surface area contributed by atoms with E-state index in [1.165, 1.54) is 80.7 Å². The fourth-order valence-corrected chi connectivity index (χ4v) is 8.87. The van der Waals surface area contributed by atoms with Crippen LogP contribution in [0.2, 0.25) is 0 Å². The fraction of sp³-hybridized carbons (Fsp3) is 0.411. The smallest absolute Gasteiger partial charge is 0.348 e. The van der Waals surface area contributed by atoms with E-state index in [1.54, 1.807) is 34.6 Å². The minimum Gasteiger partial charge on any atom is -0.480 e. The maximum absolute atomic E-state index is 13.2. The van der Waals surface area contributed by atoms with E-state index in [2.05, 4.69) is 0 Å². The number of aliphatic hydroxyl groups is 3. The lowest BCUT2D eigenvalue weighted by Gasteiger charge is -2.46. The average Bonchev–Trinajstić information content (AvgIpc) is 3.37. The first-order valence-electron chi connectivity index (χ1n) is 25.3. The molecule has 6 heterocycles. The summed E-state index contributed by atoms with van der Waals surface area (Å²) in [6.07, 6.45) is 14.6. The van der Waals surface area contributed by atoms with Gasteiger partial charge < -0.3 is 72.2 Å². The van der Waals surface area contributed by atoms with E-state index in [4.69, 9.17) is 56.8 Å². The summed E-state index contributed by atoms with van der Waals surface area (Å²) in [6, 6.07) is 0. The molecule has 1 unspecified atom stereocenters. The normalized spacial score (nSPS) is 31.6. The molecule has 2 aliphatic carbocycles. The van der Waals surface area contributed by atoms with Crippen molar-refractivity contribution in [1.82, 2.24) is 0 Å². The van der Waals surface area contributed by atoms with Crippen LogP contribution in [-0.4, -0.2) is 104 Å². The number of esters is 9. The number of hydrogen-bond acceptors (Lipinski definition) is 24. The van der Waals surface area contributed by atoms with E-state index >= 15 is 0 Å². The van der Waals surface area contributed by atoms with Gasteiger partial charge in [-0.15, -0.1) is 0 Å². The highest BCUT2D eigenvalue weighted by Crippen LogP contribution is 2.48. The highest BCUT2D eigenvalue weighted by atomic mass is 16.8. The standard InChI is InChI=1S/C56H56O24/c1-8-51(6)69-39(57)33(40(58)70-51)16-10-30(3)12-18-35-43(61)73-53(74-44(35)62)22-26-55(27-23-53)77-47(65)37(48(66)78-55)20-14-32(5)15-21-38-49(67)79-56(80-50(38)68)28-24-54(25-29-56)75-45(63)36(46(64)76-54)19-13-31(4)11-17-34-41(59)71-52(7,9-2)72-42(34)60/h10-21,57,63,65H,8-9,22-29H2,1-7H3. The second kappa shape index (κ2) is 21.6. The maximum atomic E-state index is 13.2. The SMILES string of the molecule is CCC1(C)OC(=O)C(=CC=C(C)C=CC2=C(O)OC3(CCC4(CC3)OC(=O)C(=CC=C(C)C=CC3=C(O)OC5(CCC6(CC5)OC(=O)C(=CC=C(C)C=CC5=C(O)OC(C)(CC)OC5=O)C(=O)O6)OC3=O)C(=O)O4)OC2=O)C(=O)O1. The van der Waals surface area contributed by atoms with Crippen LogP contribution in [0.15, 0.2) is 141 Å². The van der Waals surface area contributed by atoms with Gasteiger partial charge >= 0.3 is 53.7 Å². The number of aliphatic hydroxyl groups excluding tert-OH is 3. The molecule has 8 rings (SSSR count). The van der Waals surface area contributed by atoms with E-state index < -0.39 is 117 Å². The van der Waals surface area contributed by atoms with Crippen molar-refractivity contribution >= 4 is 53.7 Å². The van der Waals surface area contributed by atoms with Crippen molar-refractivity contribution in [1.29, 1.82) is 0 Å². The van der Waals surface area contributed by atoms with Gasteiger partial charge in [0.1, 0.15) is 33.4 Å². The largest absolute Gasteiger partial charge is 0.480 e. The van der Waals surface area contributed by atoms with Crippen LogP contribution < -0.4 is 0 Å². The van der Waals surface area contributed by atoms with Gasteiger partial charge in [-0.3, -0.25) is 0 Å². The Balaban J connectivity index is 0.816. The van der Waals surface area contributed by atoms with E-state index in [0.29, 0.717) is 16.7 Å². The molecule has 0 aromatic rings. The summed E-state index contributed by atoms with van der Waals surface area (Å²) in [6.45, 7) is 11.1. The van der Waals surface area contributed by atoms with E-state index in [0.717, 1.165) is 6.08 Å². The summed E-state index contributed by atoms with van der Waals surface area (Å²) in [5.41, 5.74) is -0.954. The zero-order valence-corrected chi connectivity index (χ0v) is 44.4. The molecular weight excluding hydrogens is 1060 g/mol. The third kappa shape index (κ3) is 12.0. The van der Waals surface area contributed by atoms with E-state index in [-0.39, 0.29) is 86.5 Å². The topological polar surface area (TPSA) is 325 Å². The Labute approximate surface area is 456 Å². The lowest BCUT2D eigenvalue weighted by Crippen LogP contribution is -2.54. The van der Waals surface area contributed by atoms with Gasteiger partial charge in [0.05, 0.1) is 0 Å². The number of ether oxygens (including phenoxy) is 12. The lowest BCUT2D eigenvalue weighted by atomic mass is 9.87. The first kappa shape index (κ1) is 57.1. The van der Waals surface area contributed by atoms with Crippen molar-refractivity contribution < 1.29 is 115 Å². The molecule has 0 aromatic carbocycles. The van der Waals surface area contributed by atoms with Crippen LogP contribution in [0.25, 0.3) is 0 Å². The number of carbonyl (C=O) groups excluding carboxylic acids is 9. The summed E-state index contributed by atoms with van der Waals surface area (Å²) in [4.78, 5) is 116. The van der Waals surface area contributed by atoms with Gasteiger partial charge in [-0.05, 0) is 57.2 Å². The molecule has 3 N–H and O–H groups in total. The monoisotopic (exact) mass is 1110 g/mol. The highest BCUT2D eigenvalue weighted by molar-refractivity contribution is 6.17. The highest BCUT2D eigenvalue weighted by Gasteiger charge is 2.58. The zero-order valence-electron chi connectivity index (χ0n) is 44.4. The summed E-state index contributed by atoms with van der Waals surface area (Å²) in [5, 5.41) is 31.9. The van der Waals surface area contributed by atoms with E-state index in [9.17, 15) is 58.5 Å². The quantitative estimate of drug-likeness (QED) is 0.0630. The third-order valence-electron chi connectivity index (χ3n) is 14.1. The van der Waals surface area contributed by atoms with Gasteiger partial charge in [-0.1, -0.05) is 67.0 Å². The molecule has 2 saturated carbocycles. The predicted octanol–water partition coefficient (Wildman–Crippen LogP) is 6.79. The molecule has 0 bridgehead atoms. The van der Waals surface area contributed by atoms with Crippen LogP contribution in [0.3, 0.4) is 0 Å². The van der Waals surface area contributed by atoms with Crippen LogP contribution in [-0.2, 0) is 100.0 Å². The summed E-state index contributed by atoms with van der Waals surface area (Å²) >= 11 is 0. The Morgan fingerprint density at radius 1 is 0.362 bits per heavy atom. The molecule has 6 aliphatic heterocycles. The molecule has 3 saturated heterocycles. The van der Waals surface area contributed by atoms with Gasteiger partial charge in [-0.2, -0.15) is 0 Å². The van der Waals surface area contributed by atoms with Gasteiger partial charge in [0.25, 0.3) is 52.6 Å². The number of carbonyl (C=O) groups is 9. The van der Waals surface area contributed by atoms with Crippen molar-refractivity contribution in [2.24, 2.45) is 0 Å². The van der Waals surface area contributed by atoms with Gasteiger partial charge in [0.15, 0.2) is 0 Å². The van der Waals surface area contributed by atoms with Crippen molar-refractivity contribution in [3.63, 3.8) is 0 Å². The number of allylic oxidation sites excluding steroid dienone is 12. The second-order valence-corrected chi connectivity index (χ2v) is 20.1. The fourth-order valence-electron chi connectivity index (χ4n) is 8.87. The van der Waals surface area contributed by atoms with Gasteiger partial charge in [0.2, 0.25) is 0 Å². The lowest BCUT2D eigenvalue weighted by molar-refractivity contribution is -0.297. The van der Waals surface area contributed by atoms with Crippen LogP contribution >= 0.6 is 0 Å². The Hall–Kier alpha value is -9.09. The van der Waals surface area contributed by atoms with Crippen molar-refractivity contribution in [3.05, 3.63) is 141 Å². The maximum Gasteiger partial charge on any atom is 0.348 e. The molecule has 0 aromatic heterocycles. The molecule has 24 nitrogen and oxygen atoms in total. The Morgan fingerprint density at radius 2 is 0.588 bits per heavy atom. The summed E-state index contributed by atoms with van der Waals surface area (Å²) in [5.74, 6) is -20.2. The molecule has 424 valence electrons. The third-order valence-corrected chi connectivity index (χ3v) is 14.1. The summed E-state index contributed by atoms with van der Waals surface area (Å²) in [7, 11) is 0. The van der Waals surface area contributed by atoms with Crippen LogP contribution in [0.4, 0.5) is 0 Å². The minimum absolute atomic E-state index is 0.161. The van der Waals surface area contributed by atoms with E-state index in [1.807, 2.05) is 0 Å². The number of rotatable bonds is 11. The number of hydrogen-bond donors (Lipinski definition) is 3. The van der Waals surface area contributed by atoms with Crippen LogP contribution in [0.1, 0.15) is 113 Å². The van der Waals surface area contributed by atoms with Crippen molar-refractivity contribution in [2.75, 3.05) is 0 Å². The minimum atomic E-state index is -1.74. The van der Waals surface area contributed by atoms with Gasteiger partial charge in [-0.25, -0.2) is 43.2 Å². The zero-order chi connectivity index (χ0) is 58.2. The first-order chi connectivity index (χ1) is 37.7. The molecule has 80 heavy (non-hydrogen) atoms. The molecule has 8 aliphatic rings. The summed E-state index contributed by atoms with van der Waals surface area (Å²) < 4.78 is 65.9. The van der Waals surface area contributed by atoms with Crippen LogP contribution in [0, 0.1) is 0 Å². The molecular formula is C56H56O24. The van der Waals surface area contributed by atoms with Crippen molar-refractivity contribution in [2.45, 2.75) is 147 Å². The van der Waals surface area contributed by atoms with Crippen molar-refractivity contribution in [3.8, 4) is 0 Å².